The number of benzene rings is 1. The minimum Gasteiger partial charge on any atom is -0.495 e. The highest BCUT2D eigenvalue weighted by Gasteiger charge is 2.38. The lowest BCUT2D eigenvalue weighted by Crippen LogP contribution is -2.32. The van der Waals surface area contributed by atoms with E-state index in [0.717, 1.165) is 5.69 Å². The Bertz CT molecular complexity index is 606. The van der Waals surface area contributed by atoms with Gasteiger partial charge in [-0.1, -0.05) is 25.0 Å². The van der Waals surface area contributed by atoms with Crippen molar-refractivity contribution in [1.29, 1.82) is 0 Å². The molecule has 1 aromatic rings. The number of rotatable bonds is 7. The topological polar surface area (TPSA) is 41.3 Å². The highest BCUT2D eigenvalue weighted by atomic mass is 19.4. The highest BCUT2D eigenvalue weighted by Crippen LogP contribution is 2.27. The van der Waals surface area contributed by atoms with Gasteiger partial charge in [-0.15, -0.1) is 0 Å². The van der Waals surface area contributed by atoms with Crippen molar-refractivity contribution in [3.8, 4) is 17.6 Å². The molecule has 0 heterocycles. The average Bonchev–Trinajstić information content (AvgIpc) is 2.52. The van der Waals surface area contributed by atoms with Gasteiger partial charge >= 0.3 is 6.18 Å². The molecule has 1 aromatic carbocycles. The predicted octanol–water partition coefficient (Wildman–Crippen LogP) is 3.87. The third-order valence-corrected chi connectivity index (χ3v) is 3.44. The first-order valence-electron chi connectivity index (χ1n) is 7.64. The van der Waals surface area contributed by atoms with E-state index in [0.29, 0.717) is 10.5 Å². The molecule has 0 spiro atoms. The molecule has 0 aliphatic heterocycles. The summed E-state index contributed by atoms with van der Waals surface area (Å²) in [6, 6.07) is 6.23. The lowest BCUT2D eigenvalue weighted by molar-refractivity contribution is -0.577. The number of para-hydroxylation sites is 2. The van der Waals surface area contributed by atoms with Crippen LogP contribution in [0.25, 0.3) is 0 Å². The molecule has 24 heavy (non-hydrogen) atoms. The monoisotopic (exact) mass is 343 g/mol. The van der Waals surface area contributed by atoms with E-state index in [1.165, 1.54) is 14.0 Å². The van der Waals surface area contributed by atoms with Gasteiger partial charge in [0.25, 0.3) is 6.04 Å². The van der Waals surface area contributed by atoms with E-state index in [9.17, 15) is 18.1 Å². The number of halogens is 3. The normalized spacial score (nSPS) is 13.4. The van der Waals surface area contributed by atoms with Gasteiger partial charge in [0.05, 0.1) is 25.8 Å². The third-order valence-electron chi connectivity index (χ3n) is 3.44. The summed E-state index contributed by atoms with van der Waals surface area (Å²) in [5.74, 6) is 5.14. The number of hydrogen-bond acceptors (Lipinski definition) is 3. The van der Waals surface area contributed by atoms with E-state index < -0.39 is 24.6 Å². The number of nitrogens with zero attached hydrogens (tertiary/aromatic N) is 1. The van der Waals surface area contributed by atoms with Crippen LogP contribution in [0.5, 0.6) is 5.75 Å². The summed E-state index contributed by atoms with van der Waals surface area (Å²) in [4.78, 5) is 11.8. The number of hydrogen-bond donors (Lipinski definition) is 1. The predicted molar refractivity (Wildman–Crippen MR) is 87.1 cm³/mol. The fourth-order valence-corrected chi connectivity index (χ4v) is 2.26. The second-order valence-electron chi connectivity index (χ2n) is 5.35. The molecule has 0 aliphatic carbocycles. The summed E-state index contributed by atoms with van der Waals surface area (Å²) in [6.45, 7) is 3.27. The van der Waals surface area contributed by atoms with Gasteiger partial charge in [0.1, 0.15) is 5.75 Å². The van der Waals surface area contributed by atoms with Crippen LogP contribution in [0.2, 0.25) is 0 Å². The molecule has 0 radical (unpaired) electrons. The lowest BCUT2D eigenvalue weighted by Gasteiger charge is -2.14. The van der Waals surface area contributed by atoms with Crippen molar-refractivity contribution in [2.45, 2.75) is 32.5 Å². The van der Waals surface area contributed by atoms with Crippen LogP contribution in [0.3, 0.4) is 0 Å². The minimum absolute atomic E-state index is 0.0848. The molecule has 1 rings (SSSR count). The zero-order valence-electron chi connectivity index (χ0n) is 14.0. The molecule has 4 nitrogen and oxygen atoms in total. The Morgan fingerprint density at radius 2 is 2.00 bits per heavy atom. The van der Waals surface area contributed by atoms with E-state index in [-0.39, 0.29) is 13.1 Å². The quantitative estimate of drug-likeness (QED) is 0.604. The van der Waals surface area contributed by atoms with E-state index >= 15 is 0 Å². The summed E-state index contributed by atoms with van der Waals surface area (Å²) in [6.07, 6.45) is -5.35. The summed E-state index contributed by atoms with van der Waals surface area (Å²) in [7, 11) is 1.54. The van der Waals surface area contributed by atoms with Gasteiger partial charge in [0.2, 0.25) is 0 Å². The molecule has 0 amide bonds. The van der Waals surface area contributed by atoms with Gasteiger partial charge in [-0.3, -0.25) is 0 Å². The molecule has 1 N–H and O–H groups in total. The Morgan fingerprint density at radius 1 is 1.33 bits per heavy atom. The van der Waals surface area contributed by atoms with Crippen LogP contribution in [-0.2, 0) is 0 Å². The molecule has 0 aliphatic rings. The van der Waals surface area contributed by atoms with Crippen LogP contribution in [0, 0.1) is 22.7 Å². The molecule has 0 saturated heterocycles. The van der Waals surface area contributed by atoms with Crippen molar-refractivity contribution in [2.24, 2.45) is 5.92 Å². The van der Waals surface area contributed by atoms with Crippen LogP contribution in [0.1, 0.15) is 20.3 Å². The van der Waals surface area contributed by atoms with Crippen molar-refractivity contribution in [3.63, 3.8) is 0 Å². The summed E-state index contributed by atoms with van der Waals surface area (Å²) < 4.78 is 43.4. The van der Waals surface area contributed by atoms with E-state index in [1.54, 1.807) is 19.1 Å². The first-order valence-corrected chi connectivity index (χ1v) is 7.64. The molecule has 0 bridgehead atoms. The number of nitroso groups, excluding NO2 is 1. The number of ether oxygens (including phenoxy) is 1. The van der Waals surface area contributed by atoms with Crippen LogP contribution in [-0.4, -0.2) is 37.2 Å². The molecule has 2 atom stereocenters. The largest absolute Gasteiger partial charge is 0.495 e. The van der Waals surface area contributed by atoms with Gasteiger partial charge in [0.15, 0.2) is 6.54 Å². The summed E-state index contributed by atoms with van der Waals surface area (Å²) in [5.41, 5.74) is 0.726. The Morgan fingerprint density at radius 3 is 2.58 bits per heavy atom. The molecular formula is C17H22F3N2O2+. The molecule has 0 aromatic heterocycles. The minimum atomic E-state index is -4.32. The summed E-state index contributed by atoms with van der Waals surface area (Å²) >= 11 is 0. The molecule has 0 saturated carbocycles. The van der Waals surface area contributed by atoms with Crippen molar-refractivity contribution < 1.29 is 22.7 Å². The van der Waals surface area contributed by atoms with E-state index in [2.05, 4.69) is 17.2 Å². The number of methoxy groups -OCH3 is 1. The van der Waals surface area contributed by atoms with E-state index in [4.69, 9.17) is 4.74 Å². The van der Waals surface area contributed by atoms with Crippen LogP contribution < -0.4 is 10.1 Å². The molecule has 7 heteroatoms. The molecule has 0 fully saturated rings. The SMILES string of the molecule is CC[N+](=O)C(C#CCNc1ccccc1OC)C(C)CC(F)(F)F. The van der Waals surface area contributed by atoms with Crippen LogP contribution >= 0.6 is 0 Å². The first kappa shape index (κ1) is 19.8. The Kier molecular flexibility index (Phi) is 7.56. The molecular weight excluding hydrogens is 321 g/mol. The zero-order valence-corrected chi connectivity index (χ0v) is 14.0. The summed E-state index contributed by atoms with van der Waals surface area (Å²) in [5, 5.41) is 3.02. The van der Waals surface area contributed by atoms with Crippen molar-refractivity contribution in [1.82, 2.24) is 0 Å². The maximum Gasteiger partial charge on any atom is 0.389 e. The Balaban J connectivity index is 2.74. The standard InChI is InChI=1S/C17H22F3N2O2/c1-4-22(23)15(13(2)12-17(18,19)20)9-7-11-21-14-8-5-6-10-16(14)24-3/h5-6,8,10,13,15,21H,4,11-12H2,1-3H3/q+1. The fraction of sp³-hybridized carbons (Fsp3) is 0.529. The smallest absolute Gasteiger partial charge is 0.389 e. The maximum absolute atomic E-state index is 12.5. The Hall–Kier alpha value is -2.23. The second kappa shape index (κ2) is 9.16. The highest BCUT2D eigenvalue weighted by molar-refractivity contribution is 5.56. The average molecular weight is 343 g/mol. The fourth-order valence-electron chi connectivity index (χ4n) is 2.26. The van der Waals surface area contributed by atoms with Gasteiger partial charge in [-0.2, -0.15) is 13.2 Å². The van der Waals surface area contributed by atoms with Gasteiger partial charge in [-0.25, -0.2) is 0 Å². The molecule has 2 unspecified atom stereocenters. The van der Waals surface area contributed by atoms with Crippen molar-refractivity contribution >= 4 is 5.69 Å². The maximum atomic E-state index is 12.5. The number of nitrogens with one attached hydrogen (secondary N) is 1. The van der Waals surface area contributed by atoms with Gasteiger partial charge in [0, 0.05) is 15.6 Å². The van der Waals surface area contributed by atoms with Crippen molar-refractivity contribution in [3.05, 3.63) is 29.2 Å². The first-order chi connectivity index (χ1) is 11.3. The van der Waals surface area contributed by atoms with Gasteiger partial charge in [-0.05, 0) is 25.0 Å². The van der Waals surface area contributed by atoms with Crippen LogP contribution in [0.4, 0.5) is 18.9 Å². The molecule has 132 valence electrons. The number of anilines is 1. The third kappa shape index (κ3) is 6.49. The lowest BCUT2D eigenvalue weighted by atomic mass is 9.98. The van der Waals surface area contributed by atoms with Crippen molar-refractivity contribution in [2.75, 3.05) is 25.5 Å². The second-order valence-corrected chi connectivity index (χ2v) is 5.35. The van der Waals surface area contributed by atoms with Crippen LogP contribution in [0.15, 0.2) is 24.3 Å². The van der Waals surface area contributed by atoms with Gasteiger partial charge < -0.3 is 10.1 Å². The number of alkyl halides is 3. The van der Waals surface area contributed by atoms with E-state index in [1.807, 2.05) is 12.1 Å². The zero-order chi connectivity index (χ0) is 18.2. The Labute approximate surface area is 140 Å².